The van der Waals surface area contributed by atoms with Crippen LogP contribution in [0.1, 0.15) is 5.56 Å². The SMILES string of the molecule is OCCN(Cc1ccccc1)CC(O)COc1ccc(Br)cc1. The molecule has 124 valence electrons. The van der Waals surface area contributed by atoms with Crippen LogP contribution in [0.5, 0.6) is 5.75 Å². The van der Waals surface area contributed by atoms with Crippen LogP contribution >= 0.6 is 15.9 Å². The number of halogens is 1. The minimum Gasteiger partial charge on any atom is -0.491 e. The van der Waals surface area contributed by atoms with Crippen molar-refractivity contribution in [1.29, 1.82) is 0 Å². The van der Waals surface area contributed by atoms with Gasteiger partial charge in [-0.2, -0.15) is 0 Å². The van der Waals surface area contributed by atoms with Crippen LogP contribution in [0.15, 0.2) is 59.1 Å². The summed E-state index contributed by atoms with van der Waals surface area (Å²) in [5, 5.41) is 19.4. The van der Waals surface area contributed by atoms with E-state index >= 15 is 0 Å². The van der Waals surface area contributed by atoms with Crippen molar-refractivity contribution < 1.29 is 14.9 Å². The fraction of sp³-hybridized carbons (Fsp3) is 0.333. The van der Waals surface area contributed by atoms with Crippen LogP contribution in [0, 0.1) is 0 Å². The fourth-order valence-corrected chi connectivity index (χ4v) is 2.56. The largest absolute Gasteiger partial charge is 0.491 e. The van der Waals surface area contributed by atoms with Crippen LogP contribution in [0.4, 0.5) is 0 Å². The minimum atomic E-state index is -0.617. The quantitative estimate of drug-likeness (QED) is 0.703. The highest BCUT2D eigenvalue weighted by Crippen LogP contribution is 2.16. The van der Waals surface area contributed by atoms with Crippen molar-refractivity contribution in [1.82, 2.24) is 4.90 Å². The molecule has 0 heterocycles. The van der Waals surface area contributed by atoms with E-state index in [0.29, 0.717) is 19.6 Å². The van der Waals surface area contributed by atoms with Gasteiger partial charge in [0, 0.05) is 24.1 Å². The standard InChI is InChI=1S/C18H22BrNO3/c19-16-6-8-18(9-7-16)23-14-17(22)13-20(10-11-21)12-15-4-2-1-3-5-15/h1-9,17,21-22H,10-14H2. The Morgan fingerprint density at radius 3 is 2.39 bits per heavy atom. The van der Waals surface area contributed by atoms with Gasteiger partial charge in [-0.25, -0.2) is 0 Å². The Morgan fingerprint density at radius 1 is 1.04 bits per heavy atom. The first kappa shape index (κ1) is 17.9. The van der Waals surface area contributed by atoms with Crippen molar-refractivity contribution in [2.45, 2.75) is 12.6 Å². The van der Waals surface area contributed by atoms with E-state index in [1.54, 1.807) is 0 Å². The Labute approximate surface area is 145 Å². The molecule has 0 saturated carbocycles. The molecule has 4 nitrogen and oxygen atoms in total. The van der Waals surface area contributed by atoms with E-state index in [-0.39, 0.29) is 13.2 Å². The van der Waals surface area contributed by atoms with Crippen molar-refractivity contribution in [2.24, 2.45) is 0 Å². The Hall–Kier alpha value is -1.40. The molecule has 2 aromatic carbocycles. The molecule has 0 aromatic heterocycles. The van der Waals surface area contributed by atoms with Crippen LogP contribution < -0.4 is 4.74 Å². The van der Waals surface area contributed by atoms with E-state index in [9.17, 15) is 10.2 Å². The van der Waals surface area contributed by atoms with Gasteiger partial charge < -0.3 is 14.9 Å². The normalized spacial score (nSPS) is 12.3. The summed E-state index contributed by atoms with van der Waals surface area (Å²) in [7, 11) is 0. The van der Waals surface area contributed by atoms with E-state index in [4.69, 9.17) is 4.74 Å². The van der Waals surface area contributed by atoms with Gasteiger partial charge >= 0.3 is 0 Å². The zero-order valence-electron chi connectivity index (χ0n) is 12.9. The third kappa shape index (κ3) is 6.71. The van der Waals surface area contributed by atoms with E-state index in [0.717, 1.165) is 15.8 Å². The second-order valence-corrected chi connectivity index (χ2v) is 6.28. The molecular formula is C18H22BrNO3. The first-order chi connectivity index (χ1) is 11.2. The molecule has 0 aliphatic rings. The van der Waals surface area contributed by atoms with Gasteiger partial charge in [-0.05, 0) is 29.8 Å². The van der Waals surface area contributed by atoms with Gasteiger partial charge in [0.05, 0.1) is 6.61 Å². The lowest BCUT2D eigenvalue weighted by Crippen LogP contribution is -2.37. The van der Waals surface area contributed by atoms with Gasteiger partial charge in [0.2, 0.25) is 0 Å². The second-order valence-electron chi connectivity index (χ2n) is 5.36. The molecule has 0 bridgehead atoms. The summed E-state index contributed by atoms with van der Waals surface area (Å²) in [6, 6.07) is 17.5. The highest BCUT2D eigenvalue weighted by molar-refractivity contribution is 9.10. The number of hydrogen-bond donors (Lipinski definition) is 2. The van der Waals surface area contributed by atoms with E-state index in [1.165, 1.54) is 0 Å². The lowest BCUT2D eigenvalue weighted by molar-refractivity contribution is 0.0590. The summed E-state index contributed by atoms with van der Waals surface area (Å²) in [6.07, 6.45) is -0.617. The molecular weight excluding hydrogens is 358 g/mol. The molecule has 0 fully saturated rings. The first-order valence-electron chi connectivity index (χ1n) is 7.61. The Morgan fingerprint density at radius 2 is 1.74 bits per heavy atom. The van der Waals surface area contributed by atoms with E-state index in [2.05, 4.69) is 15.9 Å². The summed E-state index contributed by atoms with van der Waals surface area (Å²) in [5.74, 6) is 0.726. The highest BCUT2D eigenvalue weighted by atomic mass is 79.9. The number of ether oxygens (including phenoxy) is 1. The molecule has 0 spiro atoms. The average molecular weight is 380 g/mol. The molecule has 0 aliphatic carbocycles. The monoisotopic (exact) mass is 379 g/mol. The molecule has 23 heavy (non-hydrogen) atoms. The molecule has 0 radical (unpaired) electrons. The summed E-state index contributed by atoms with van der Waals surface area (Å²) < 4.78 is 6.58. The summed E-state index contributed by atoms with van der Waals surface area (Å²) >= 11 is 3.37. The Bertz CT molecular complexity index is 562. The van der Waals surface area contributed by atoms with Gasteiger partial charge in [0.15, 0.2) is 0 Å². The maximum Gasteiger partial charge on any atom is 0.119 e. The topological polar surface area (TPSA) is 52.9 Å². The molecule has 0 aliphatic heterocycles. The van der Waals surface area contributed by atoms with Crippen molar-refractivity contribution >= 4 is 15.9 Å². The smallest absolute Gasteiger partial charge is 0.119 e. The van der Waals surface area contributed by atoms with Gasteiger partial charge in [0.1, 0.15) is 18.5 Å². The molecule has 5 heteroatoms. The van der Waals surface area contributed by atoms with Gasteiger partial charge in [-0.1, -0.05) is 46.3 Å². The lowest BCUT2D eigenvalue weighted by Gasteiger charge is -2.24. The van der Waals surface area contributed by atoms with E-state index in [1.807, 2.05) is 59.5 Å². The van der Waals surface area contributed by atoms with Crippen LogP contribution in [-0.4, -0.2) is 47.5 Å². The predicted octanol–water partition coefficient (Wildman–Crippen LogP) is 2.68. The molecule has 1 unspecified atom stereocenters. The van der Waals surface area contributed by atoms with Crippen LogP contribution in [0.2, 0.25) is 0 Å². The number of aliphatic hydroxyl groups excluding tert-OH is 2. The summed E-state index contributed by atoms with van der Waals surface area (Å²) in [5.41, 5.74) is 1.15. The van der Waals surface area contributed by atoms with Gasteiger partial charge in [0.25, 0.3) is 0 Å². The molecule has 0 saturated heterocycles. The number of benzene rings is 2. The number of nitrogens with zero attached hydrogens (tertiary/aromatic N) is 1. The zero-order valence-corrected chi connectivity index (χ0v) is 14.5. The van der Waals surface area contributed by atoms with Gasteiger partial charge in [-0.3, -0.25) is 4.90 Å². The number of hydrogen-bond acceptors (Lipinski definition) is 4. The fourth-order valence-electron chi connectivity index (χ4n) is 2.29. The minimum absolute atomic E-state index is 0.0626. The summed E-state index contributed by atoms with van der Waals surface area (Å²) in [6.45, 7) is 1.94. The van der Waals surface area contributed by atoms with Crippen LogP contribution in [0.25, 0.3) is 0 Å². The van der Waals surface area contributed by atoms with Crippen molar-refractivity contribution in [3.05, 3.63) is 64.6 Å². The Balaban J connectivity index is 1.82. The highest BCUT2D eigenvalue weighted by Gasteiger charge is 2.13. The first-order valence-corrected chi connectivity index (χ1v) is 8.40. The lowest BCUT2D eigenvalue weighted by atomic mass is 10.2. The van der Waals surface area contributed by atoms with Crippen molar-refractivity contribution in [3.8, 4) is 5.75 Å². The third-order valence-corrected chi connectivity index (χ3v) is 3.92. The summed E-state index contributed by atoms with van der Waals surface area (Å²) in [4.78, 5) is 2.02. The average Bonchev–Trinajstić information content (AvgIpc) is 2.55. The maximum atomic E-state index is 10.2. The molecule has 2 N–H and O–H groups in total. The molecule has 2 aromatic rings. The third-order valence-electron chi connectivity index (χ3n) is 3.39. The zero-order chi connectivity index (χ0) is 16.5. The van der Waals surface area contributed by atoms with Gasteiger partial charge in [-0.15, -0.1) is 0 Å². The second kappa shape index (κ2) is 9.67. The molecule has 1 atom stereocenters. The molecule has 0 amide bonds. The van der Waals surface area contributed by atoms with Crippen LogP contribution in [0.3, 0.4) is 0 Å². The maximum absolute atomic E-state index is 10.2. The van der Waals surface area contributed by atoms with Crippen LogP contribution in [-0.2, 0) is 6.54 Å². The predicted molar refractivity (Wildman–Crippen MR) is 94.4 cm³/mol. The van der Waals surface area contributed by atoms with E-state index < -0.39 is 6.10 Å². The Kier molecular flexibility index (Phi) is 7.55. The van der Waals surface area contributed by atoms with Crippen molar-refractivity contribution in [3.63, 3.8) is 0 Å². The number of aliphatic hydroxyl groups is 2. The number of rotatable bonds is 9. The molecule has 2 rings (SSSR count). The van der Waals surface area contributed by atoms with Crippen molar-refractivity contribution in [2.75, 3.05) is 26.3 Å².